The summed E-state index contributed by atoms with van der Waals surface area (Å²) in [7, 11) is 0. The van der Waals surface area contributed by atoms with Gasteiger partial charge < -0.3 is 14.1 Å². The van der Waals surface area contributed by atoms with Crippen molar-refractivity contribution in [3.63, 3.8) is 0 Å². The zero-order chi connectivity index (χ0) is 13.4. The monoisotopic (exact) mass is 342 g/mol. The van der Waals surface area contributed by atoms with Crippen LogP contribution in [0.3, 0.4) is 0 Å². The maximum Gasteiger partial charge on any atom is 0.213 e. The Hall–Kier alpha value is -1.54. The van der Waals surface area contributed by atoms with Gasteiger partial charge in [-0.25, -0.2) is 4.39 Å². The molecule has 19 heavy (non-hydrogen) atoms. The molecular formula is C11H8BrFN4OS. The summed E-state index contributed by atoms with van der Waals surface area (Å²) in [6, 6.07) is 3.12. The summed E-state index contributed by atoms with van der Waals surface area (Å²) in [5.41, 5.74) is 1.50. The first kappa shape index (κ1) is 12.5. The molecule has 0 aliphatic heterocycles. The number of hydrogen-bond acceptors (Lipinski definition) is 4. The number of aromatic amines is 1. The number of rotatable bonds is 3. The van der Waals surface area contributed by atoms with Crippen LogP contribution in [-0.4, -0.2) is 19.7 Å². The Morgan fingerprint density at radius 1 is 1.47 bits per heavy atom. The van der Waals surface area contributed by atoms with Crippen molar-refractivity contribution < 1.29 is 8.91 Å². The van der Waals surface area contributed by atoms with Crippen molar-refractivity contribution in [3.8, 4) is 0 Å². The van der Waals surface area contributed by atoms with E-state index in [1.165, 1.54) is 12.5 Å². The third-order valence-corrected chi connectivity index (χ3v) is 3.71. The average Bonchev–Trinajstić information content (AvgIpc) is 2.96. The minimum atomic E-state index is -0.325. The molecule has 0 saturated heterocycles. The Labute approximate surface area is 120 Å². The van der Waals surface area contributed by atoms with Gasteiger partial charge in [-0.05, 0) is 34.2 Å². The molecule has 98 valence electrons. The van der Waals surface area contributed by atoms with E-state index in [1.807, 2.05) is 4.57 Å². The molecule has 0 atom stereocenters. The van der Waals surface area contributed by atoms with Crippen LogP contribution in [0.25, 0.3) is 11.0 Å². The van der Waals surface area contributed by atoms with Crippen LogP contribution < -0.4 is 0 Å². The number of nitrogens with one attached hydrogen (secondary N) is 1. The number of imidazole rings is 1. The standard InChI is InChI=1S/C11H8BrFN4OS/c12-6-3-9-8(4-7(6)13)15-11(19)17(9)2-1-10-14-5-18-16-10/h3-5H,1-2H2,(H,15,19). The molecule has 3 aromatic rings. The predicted octanol–water partition coefficient (Wildman–Crippen LogP) is 3.23. The lowest BCUT2D eigenvalue weighted by Crippen LogP contribution is -2.02. The van der Waals surface area contributed by atoms with Gasteiger partial charge in [-0.3, -0.25) is 0 Å². The summed E-state index contributed by atoms with van der Waals surface area (Å²) >= 11 is 8.41. The van der Waals surface area contributed by atoms with E-state index < -0.39 is 0 Å². The molecule has 0 radical (unpaired) electrons. The highest BCUT2D eigenvalue weighted by Crippen LogP contribution is 2.23. The fraction of sp³-hybridized carbons (Fsp3) is 0.182. The van der Waals surface area contributed by atoms with Crippen LogP contribution in [0.1, 0.15) is 5.82 Å². The van der Waals surface area contributed by atoms with Crippen LogP contribution >= 0.6 is 28.1 Å². The van der Waals surface area contributed by atoms with Crippen LogP contribution in [0.5, 0.6) is 0 Å². The number of fused-ring (bicyclic) bond motifs is 1. The number of H-pyrrole nitrogens is 1. The van der Waals surface area contributed by atoms with Crippen molar-refractivity contribution in [2.24, 2.45) is 0 Å². The zero-order valence-electron chi connectivity index (χ0n) is 9.56. The number of hydrogen-bond donors (Lipinski definition) is 1. The molecule has 0 unspecified atom stereocenters. The van der Waals surface area contributed by atoms with Crippen molar-refractivity contribution in [1.29, 1.82) is 0 Å². The minimum absolute atomic E-state index is 0.325. The van der Waals surface area contributed by atoms with E-state index in [0.29, 0.717) is 33.6 Å². The number of benzene rings is 1. The molecular weight excluding hydrogens is 335 g/mol. The van der Waals surface area contributed by atoms with Crippen molar-refractivity contribution in [1.82, 2.24) is 19.7 Å². The van der Waals surface area contributed by atoms with Gasteiger partial charge in [-0.15, -0.1) is 0 Å². The molecule has 3 rings (SSSR count). The molecule has 0 fully saturated rings. The molecule has 0 aliphatic rings. The van der Waals surface area contributed by atoms with Crippen molar-refractivity contribution in [2.75, 3.05) is 0 Å². The molecule has 8 heteroatoms. The van der Waals surface area contributed by atoms with Gasteiger partial charge in [0.15, 0.2) is 10.6 Å². The molecule has 0 saturated carbocycles. The number of halogens is 2. The topological polar surface area (TPSA) is 59.6 Å². The van der Waals surface area contributed by atoms with Crippen LogP contribution in [0.4, 0.5) is 4.39 Å². The van der Waals surface area contributed by atoms with E-state index in [-0.39, 0.29) is 5.82 Å². The van der Waals surface area contributed by atoms with Crippen LogP contribution in [0.2, 0.25) is 0 Å². The van der Waals surface area contributed by atoms with Gasteiger partial charge in [0.05, 0.1) is 15.5 Å². The Kier molecular flexibility index (Phi) is 3.19. The Morgan fingerprint density at radius 3 is 3.05 bits per heavy atom. The molecule has 1 N–H and O–H groups in total. The highest BCUT2D eigenvalue weighted by atomic mass is 79.9. The molecule has 2 heterocycles. The Morgan fingerprint density at radius 2 is 2.32 bits per heavy atom. The molecule has 0 amide bonds. The molecule has 1 aromatic carbocycles. The molecule has 0 bridgehead atoms. The van der Waals surface area contributed by atoms with Gasteiger partial charge in [0, 0.05) is 19.0 Å². The van der Waals surface area contributed by atoms with Gasteiger partial charge in [0.25, 0.3) is 0 Å². The maximum atomic E-state index is 13.5. The number of nitrogens with zero attached hydrogens (tertiary/aromatic N) is 3. The van der Waals surface area contributed by atoms with Crippen LogP contribution in [0.15, 0.2) is 27.5 Å². The second-order valence-corrected chi connectivity index (χ2v) is 5.20. The van der Waals surface area contributed by atoms with E-state index >= 15 is 0 Å². The minimum Gasteiger partial charge on any atom is -0.343 e. The smallest absolute Gasteiger partial charge is 0.213 e. The van der Waals surface area contributed by atoms with E-state index in [0.717, 1.165) is 5.52 Å². The fourth-order valence-corrected chi connectivity index (χ4v) is 2.52. The average molecular weight is 343 g/mol. The van der Waals surface area contributed by atoms with Gasteiger partial charge in [-0.2, -0.15) is 4.98 Å². The first-order chi connectivity index (χ1) is 9.15. The van der Waals surface area contributed by atoms with Gasteiger partial charge in [0.1, 0.15) is 5.82 Å². The summed E-state index contributed by atoms with van der Waals surface area (Å²) in [6.45, 7) is 0.594. The van der Waals surface area contributed by atoms with Crippen LogP contribution in [-0.2, 0) is 13.0 Å². The molecule has 0 spiro atoms. The van der Waals surface area contributed by atoms with Crippen molar-refractivity contribution >= 4 is 39.2 Å². The summed E-state index contributed by atoms with van der Waals surface area (Å²) in [4.78, 5) is 6.93. The highest BCUT2D eigenvalue weighted by molar-refractivity contribution is 9.10. The number of aryl methyl sites for hydroxylation is 2. The van der Waals surface area contributed by atoms with Crippen molar-refractivity contribution in [2.45, 2.75) is 13.0 Å². The van der Waals surface area contributed by atoms with E-state index in [9.17, 15) is 4.39 Å². The SMILES string of the molecule is Fc1cc2[nH]c(=S)n(CCc3ncon3)c2cc1Br. The predicted molar refractivity (Wildman–Crippen MR) is 72.8 cm³/mol. The van der Waals surface area contributed by atoms with Crippen molar-refractivity contribution in [3.05, 3.63) is 39.4 Å². The third kappa shape index (κ3) is 2.33. The van der Waals surface area contributed by atoms with Gasteiger partial charge in [-0.1, -0.05) is 5.16 Å². The second kappa shape index (κ2) is 4.86. The Balaban J connectivity index is 2.00. The lowest BCUT2D eigenvalue weighted by Gasteiger charge is -2.03. The van der Waals surface area contributed by atoms with Gasteiger partial charge >= 0.3 is 0 Å². The quantitative estimate of drug-likeness (QED) is 0.742. The van der Waals surface area contributed by atoms with E-state index in [1.54, 1.807) is 6.07 Å². The maximum absolute atomic E-state index is 13.5. The first-order valence-corrected chi connectivity index (χ1v) is 6.68. The van der Waals surface area contributed by atoms with E-state index in [4.69, 9.17) is 12.2 Å². The second-order valence-electron chi connectivity index (χ2n) is 3.96. The third-order valence-electron chi connectivity index (χ3n) is 2.78. The normalized spacial score (nSPS) is 11.3. The van der Waals surface area contributed by atoms with Gasteiger partial charge in [0.2, 0.25) is 6.39 Å². The zero-order valence-corrected chi connectivity index (χ0v) is 12.0. The largest absolute Gasteiger partial charge is 0.343 e. The lowest BCUT2D eigenvalue weighted by molar-refractivity contribution is 0.408. The summed E-state index contributed by atoms with van der Waals surface area (Å²) < 4.78 is 21.0. The summed E-state index contributed by atoms with van der Waals surface area (Å²) in [5, 5.41) is 3.74. The summed E-state index contributed by atoms with van der Waals surface area (Å²) in [6.07, 6.45) is 1.88. The molecule has 5 nitrogen and oxygen atoms in total. The molecule has 2 aromatic heterocycles. The highest BCUT2D eigenvalue weighted by Gasteiger charge is 2.09. The summed E-state index contributed by atoms with van der Waals surface area (Å²) in [5.74, 6) is 0.284. The number of aromatic nitrogens is 4. The first-order valence-electron chi connectivity index (χ1n) is 5.48. The van der Waals surface area contributed by atoms with E-state index in [2.05, 4.69) is 35.6 Å². The lowest BCUT2D eigenvalue weighted by atomic mass is 10.3. The van der Waals surface area contributed by atoms with Crippen LogP contribution in [0, 0.1) is 10.6 Å². The Bertz CT molecular complexity index is 780. The fourth-order valence-electron chi connectivity index (χ4n) is 1.89. The molecule has 0 aliphatic carbocycles.